The van der Waals surface area contributed by atoms with E-state index in [0.717, 1.165) is 10.6 Å². The predicted molar refractivity (Wildman–Crippen MR) is 58.1 cm³/mol. The van der Waals surface area contributed by atoms with E-state index in [2.05, 4.69) is 20.5 Å². The number of aromatic amines is 1. The van der Waals surface area contributed by atoms with Crippen molar-refractivity contribution in [1.82, 2.24) is 15.2 Å². The summed E-state index contributed by atoms with van der Waals surface area (Å²) in [6.07, 6.45) is 1.65. The van der Waals surface area contributed by atoms with Crippen molar-refractivity contribution >= 4 is 23.1 Å². The number of H-pyrrole nitrogens is 1. The van der Waals surface area contributed by atoms with E-state index < -0.39 is 0 Å². The van der Waals surface area contributed by atoms with Crippen molar-refractivity contribution in [2.45, 2.75) is 13.8 Å². The van der Waals surface area contributed by atoms with Gasteiger partial charge in [0.05, 0.1) is 11.2 Å². The standard InChI is InChI=1S/C9H10N4OS/c1-5-3-10-13-8(5)12-9(14)7-4-15-6(2)11-7/h3-4H,1-2H3,(H2,10,12,13,14). The third kappa shape index (κ3) is 2.04. The van der Waals surface area contributed by atoms with Gasteiger partial charge in [-0.05, 0) is 13.8 Å². The Morgan fingerprint density at radius 1 is 1.53 bits per heavy atom. The van der Waals surface area contributed by atoms with Gasteiger partial charge in [0.25, 0.3) is 5.91 Å². The second-order valence-electron chi connectivity index (χ2n) is 3.13. The van der Waals surface area contributed by atoms with Crippen LogP contribution in [0.1, 0.15) is 21.1 Å². The fraction of sp³-hybridized carbons (Fsp3) is 0.222. The quantitative estimate of drug-likeness (QED) is 0.813. The summed E-state index contributed by atoms with van der Waals surface area (Å²) in [5.41, 5.74) is 1.34. The third-order valence-corrected chi connectivity index (χ3v) is 2.69. The maximum atomic E-state index is 11.7. The lowest BCUT2D eigenvalue weighted by molar-refractivity contribution is 0.102. The molecule has 0 aliphatic rings. The van der Waals surface area contributed by atoms with Crippen molar-refractivity contribution in [2.24, 2.45) is 0 Å². The molecule has 2 N–H and O–H groups in total. The van der Waals surface area contributed by atoms with Crippen molar-refractivity contribution in [3.63, 3.8) is 0 Å². The zero-order valence-corrected chi connectivity index (χ0v) is 9.18. The highest BCUT2D eigenvalue weighted by molar-refractivity contribution is 7.09. The lowest BCUT2D eigenvalue weighted by Crippen LogP contribution is -2.13. The summed E-state index contributed by atoms with van der Waals surface area (Å²) in [6.45, 7) is 3.73. The van der Waals surface area contributed by atoms with Gasteiger partial charge < -0.3 is 5.32 Å². The van der Waals surface area contributed by atoms with Crippen molar-refractivity contribution in [2.75, 3.05) is 5.32 Å². The van der Waals surface area contributed by atoms with E-state index in [-0.39, 0.29) is 5.91 Å². The topological polar surface area (TPSA) is 70.7 Å². The molecule has 0 spiro atoms. The fourth-order valence-electron chi connectivity index (χ4n) is 1.12. The maximum absolute atomic E-state index is 11.7. The minimum Gasteiger partial charge on any atom is -0.305 e. The Labute approximate surface area is 90.6 Å². The van der Waals surface area contributed by atoms with Gasteiger partial charge in [-0.25, -0.2) is 4.98 Å². The van der Waals surface area contributed by atoms with Gasteiger partial charge in [0, 0.05) is 10.9 Å². The predicted octanol–water partition coefficient (Wildman–Crippen LogP) is 1.74. The molecular weight excluding hydrogens is 212 g/mol. The van der Waals surface area contributed by atoms with Crippen LogP contribution in [0.4, 0.5) is 5.82 Å². The number of hydrogen-bond acceptors (Lipinski definition) is 4. The molecule has 0 saturated carbocycles. The van der Waals surface area contributed by atoms with Gasteiger partial charge in [-0.3, -0.25) is 9.89 Å². The van der Waals surface area contributed by atoms with E-state index in [1.54, 1.807) is 11.6 Å². The van der Waals surface area contributed by atoms with Crippen LogP contribution in [0, 0.1) is 13.8 Å². The van der Waals surface area contributed by atoms with E-state index in [4.69, 9.17) is 0 Å². The number of hydrogen-bond donors (Lipinski definition) is 2. The van der Waals surface area contributed by atoms with Gasteiger partial charge in [0.1, 0.15) is 11.5 Å². The van der Waals surface area contributed by atoms with Gasteiger partial charge in [-0.2, -0.15) is 5.10 Å². The van der Waals surface area contributed by atoms with Gasteiger partial charge in [0.2, 0.25) is 0 Å². The molecule has 2 aromatic heterocycles. The molecule has 1 amide bonds. The molecule has 0 atom stereocenters. The van der Waals surface area contributed by atoms with E-state index in [1.807, 2.05) is 13.8 Å². The van der Waals surface area contributed by atoms with E-state index >= 15 is 0 Å². The molecule has 0 unspecified atom stereocenters. The monoisotopic (exact) mass is 222 g/mol. The lowest BCUT2D eigenvalue weighted by Gasteiger charge is -2.00. The number of thiazole rings is 1. The maximum Gasteiger partial charge on any atom is 0.276 e. The summed E-state index contributed by atoms with van der Waals surface area (Å²) in [6, 6.07) is 0. The summed E-state index contributed by atoms with van der Waals surface area (Å²) in [7, 11) is 0. The molecule has 2 rings (SSSR count). The van der Waals surface area contributed by atoms with Crippen molar-refractivity contribution in [1.29, 1.82) is 0 Å². The Morgan fingerprint density at radius 3 is 2.87 bits per heavy atom. The van der Waals surface area contributed by atoms with Crippen molar-refractivity contribution in [3.05, 3.63) is 27.8 Å². The van der Waals surface area contributed by atoms with Crippen LogP contribution in [0.15, 0.2) is 11.6 Å². The van der Waals surface area contributed by atoms with Gasteiger partial charge in [-0.1, -0.05) is 0 Å². The minimum absolute atomic E-state index is 0.216. The molecule has 0 aliphatic carbocycles. The summed E-state index contributed by atoms with van der Waals surface area (Å²) in [4.78, 5) is 15.8. The smallest absolute Gasteiger partial charge is 0.276 e. The van der Waals surface area contributed by atoms with Gasteiger partial charge in [-0.15, -0.1) is 11.3 Å². The Morgan fingerprint density at radius 2 is 2.33 bits per heavy atom. The summed E-state index contributed by atoms with van der Waals surface area (Å²) >= 11 is 1.45. The van der Waals surface area contributed by atoms with Crippen molar-refractivity contribution < 1.29 is 4.79 Å². The number of amides is 1. The molecule has 6 heteroatoms. The number of rotatable bonds is 2. The van der Waals surface area contributed by atoms with E-state index in [1.165, 1.54) is 11.3 Å². The average molecular weight is 222 g/mol. The van der Waals surface area contributed by atoms with Crippen LogP contribution in [0.25, 0.3) is 0 Å². The average Bonchev–Trinajstić information content (AvgIpc) is 2.77. The Kier molecular flexibility index (Phi) is 2.51. The first-order valence-corrected chi connectivity index (χ1v) is 5.28. The molecule has 0 aromatic carbocycles. The van der Waals surface area contributed by atoms with Crippen LogP contribution in [-0.4, -0.2) is 21.1 Å². The molecule has 0 bridgehead atoms. The number of carbonyl (C=O) groups is 1. The van der Waals surface area contributed by atoms with E-state index in [0.29, 0.717) is 11.5 Å². The van der Waals surface area contributed by atoms with E-state index in [9.17, 15) is 4.79 Å². The molecular formula is C9H10N4OS. The van der Waals surface area contributed by atoms with Crippen molar-refractivity contribution in [3.8, 4) is 0 Å². The normalized spacial score (nSPS) is 10.3. The molecule has 0 radical (unpaired) electrons. The van der Waals surface area contributed by atoms with Crippen LogP contribution >= 0.6 is 11.3 Å². The number of nitrogens with zero attached hydrogens (tertiary/aromatic N) is 2. The summed E-state index contributed by atoms with van der Waals surface area (Å²) in [5, 5.41) is 11.8. The number of anilines is 1. The zero-order valence-electron chi connectivity index (χ0n) is 8.37. The molecule has 2 aromatic rings. The minimum atomic E-state index is -0.216. The van der Waals surface area contributed by atoms with Crippen LogP contribution in [0.3, 0.4) is 0 Å². The molecule has 78 valence electrons. The largest absolute Gasteiger partial charge is 0.305 e. The Bertz CT molecular complexity index is 488. The number of aryl methyl sites for hydroxylation is 2. The van der Waals surface area contributed by atoms with Gasteiger partial charge in [0.15, 0.2) is 0 Å². The first kappa shape index (κ1) is 9.85. The molecule has 5 nitrogen and oxygen atoms in total. The first-order valence-electron chi connectivity index (χ1n) is 4.40. The lowest BCUT2D eigenvalue weighted by atomic mass is 10.3. The number of aromatic nitrogens is 3. The number of nitrogens with one attached hydrogen (secondary N) is 2. The number of carbonyl (C=O) groups excluding carboxylic acids is 1. The van der Waals surface area contributed by atoms with Crippen LogP contribution in [-0.2, 0) is 0 Å². The second-order valence-corrected chi connectivity index (χ2v) is 4.20. The summed E-state index contributed by atoms with van der Waals surface area (Å²) < 4.78 is 0. The molecule has 0 fully saturated rings. The zero-order chi connectivity index (χ0) is 10.8. The highest BCUT2D eigenvalue weighted by Gasteiger charge is 2.11. The van der Waals surface area contributed by atoms with Gasteiger partial charge >= 0.3 is 0 Å². The highest BCUT2D eigenvalue weighted by atomic mass is 32.1. The second kappa shape index (κ2) is 3.82. The van der Waals surface area contributed by atoms with Crippen LogP contribution in [0.2, 0.25) is 0 Å². The molecule has 0 saturated heterocycles. The first-order chi connectivity index (χ1) is 7.16. The summed E-state index contributed by atoms with van der Waals surface area (Å²) in [5.74, 6) is 0.400. The van der Waals surface area contributed by atoms with Crippen LogP contribution < -0.4 is 5.32 Å². The highest BCUT2D eigenvalue weighted by Crippen LogP contribution is 2.12. The molecule has 15 heavy (non-hydrogen) atoms. The Hall–Kier alpha value is -1.69. The Balaban J connectivity index is 2.14. The molecule has 2 heterocycles. The SMILES string of the molecule is Cc1nc(C(=O)Nc2[nH]ncc2C)cs1. The molecule has 0 aliphatic heterocycles. The van der Waals surface area contributed by atoms with Crippen LogP contribution in [0.5, 0.6) is 0 Å². The fourth-order valence-corrected chi connectivity index (χ4v) is 1.71. The third-order valence-electron chi connectivity index (χ3n) is 1.92.